The number of carbonyl (C=O) groups is 2. The molecule has 2 rings (SSSR count). The third-order valence-corrected chi connectivity index (χ3v) is 2.25. The zero-order valence-corrected chi connectivity index (χ0v) is 8.79. The molecule has 0 aliphatic rings. The number of hydrogen-bond donors (Lipinski definition) is 1. The van der Waals surface area contributed by atoms with Crippen LogP contribution in [0.1, 0.15) is 26.6 Å². The quantitative estimate of drug-likeness (QED) is 0.811. The van der Waals surface area contributed by atoms with E-state index in [9.17, 15) is 9.59 Å². The first-order chi connectivity index (χ1) is 8.18. The molecule has 17 heavy (non-hydrogen) atoms. The molecule has 0 unspecified atom stereocenters. The lowest BCUT2D eigenvalue weighted by Gasteiger charge is -2.02. The van der Waals surface area contributed by atoms with Gasteiger partial charge >= 0.3 is 5.97 Å². The molecule has 1 N–H and O–H groups in total. The smallest absolute Gasteiger partial charge is 0.336 e. The second-order valence-corrected chi connectivity index (χ2v) is 3.38. The van der Waals surface area contributed by atoms with Crippen molar-refractivity contribution in [1.29, 1.82) is 0 Å². The molecular formula is C12H9NO4. The summed E-state index contributed by atoms with van der Waals surface area (Å²) < 4.78 is 4.95. The molecule has 1 aromatic carbocycles. The fourth-order valence-corrected chi connectivity index (χ4v) is 1.49. The molecule has 0 aliphatic carbocycles. The number of carboxylic acids is 1. The van der Waals surface area contributed by atoms with Gasteiger partial charge in [-0.25, -0.2) is 9.78 Å². The number of ketones is 1. The Bertz CT molecular complexity index is 545. The average Bonchev–Trinajstić information content (AvgIpc) is 2.81. The van der Waals surface area contributed by atoms with Gasteiger partial charge in [0.15, 0.2) is 5.78 Å². The van der Waals surface area contributed by atoms with Crippen molar-refractivity contribution in [1.82, 2.24) is 4.98 Å². The first-order valence-corrected chi connectivity index (χ1v) is 4.92. The summed E-state index contributed by atoms with van der Waals surface area (Å²) in [5.74, 6) is -1.18. The summed E-state index contributed by atoms with van der Waals surface area (Å²) >= 11 is 0. The Hall–Kier alpha value is -2.43. The molecule has 0 amide bonds. The molecule has 5 nitrogen and oxygen atoms in total. The minimum absolute atomic E-state index is 0.0101. The second kappa shape index (κ2) is 4.61. The molecule has 1 heterocycles. The van der Waals surface area contributed by atoms with Crippen LogP contribution in [0, 0.1) is 0 Å². The summed E-state index contributed by atoms with van der Waals surface area (Å²) in [4.78, 5) is 26.6. The highest BCUT2D eigenvalue weighted by atomic mass is 16.4. The Morgan fingerprint density at radius 1 is 1.24 bits per heavy atom. The third kappa shape index (κ3) is 2.39. The van der Waals surface area contributed by atoms with Gasteiger partial charge in [-0.15, -0.1) is 0 Å². The number of carbonyl (C=O) groups excluding carboxylic acids is 1. The van der Waals surface area contributed by atoms with Crippen LogP contribution in [-0.2, 0) is 6.42 Å². The highest BCUT2D eigenvalue weighted by Gasteiger charge is 2.17. The number of benzene rings is 1. The fraction of sp³-hybridized carbons (Fsp3) is 0.0833. The molecule has 1 aromatic heterocycles. The monoisotopic (exact) mass is 231 g/mol. The van der Waals surface area contributed by atoms with Gasteiger partial charge in [-0.3, -0.25) is 4.79 Å². The van der Waals surface area contributed by atoms with E-state index in [1.54, 1.807) is 12.1 Å². The first kappa shape index (κ1) is 11.1. The Kier molecular flexibility index (Phi) is 3.00. The van der Waals surface area contributed by atoms with Crippen molar-refractivity contribution in [3.8, 4) is 0 Å². The van der Waals surface area contributed by atoms with Crippen molar-refractivity contribution >= 4 is 11.8 Å². The Labute approximate surface area is 96.7 Å². The van der Waals surface area contributed by atoms with Crippen LogP contribution in [-0.4, -0.2) is 21.8 Å². The molecule has 86 valence electrons. The van der Waals surface area contributed by atoms with Crippen LogP contribution in [0.2, 0.25) is 0 Å². The lowest BCUT2D eigenvalue weighted by molar-refractivity contribution is 0.0691. The number of oxazole rings is 1. The van der Waals surface area contributed by atoms with Crippen molar-refractivity contribution in [2.45, 2.75) is 6.42 Å². The summed E-state index contributed by atoms with van der Waals surface area (Å²) in [6, 6.07) is 6.07. The van der Waals surface area contributed by atoms with Gasteiger partial charge in [0.2, 0.25) is 5.89 Å². The van der Waals surface area contributed by atoms with Crippen LogP contribution in [0.5, 0.6) is 0 Å². The van der Waals surface area contributed by atoms with E-state index in [0.717, 1.165) is 0 Å². The van der Waals surface area contributed by atoms with Crippen molar-refractivity contribution in [3.05, 3.63) is 53.7 Å². The minimum atomic E-state index is -1.12. The Balaban J connectivity index is 2.28. The van der Waals surface area contributed by atoms with Crippen molar-refractivity contribution in [2.24, 2.45) is 0 Å². The van der Waals surface area contributed by atoms with Gasteiger partial charge in [0, 0.05) is 5.56 Å². The topological polar surface area (TPSA) is 80.4 Å². The number of aromatic carboxylic acids is 1. The molecule has 0 atom stereocenters. The predicted octanol–water partition coefficient (Wildman–Crippen LogP) is 1.80. The third-order valence-electron chi connectivity index (χ3n) is 2.25. The van der Waals surface area contributed by atoms with E-state index < -0.39 is 5.97 Å². The average molecular weight is 231 g/mol. The van der Waals surface area contributed by atoms with Gasteiger partial charge in [0.25, 0.3) is 0 Å². The van der Waals surface area contributed by atoms with E-state index in [0.29, 0.717) is 0 Å². The number of rotatable bonds is 4. The molecule has 0 aliphatic heterocycles. The summed E-state index contributed by atoms with van der Waals surface area (Å²) in [5, 5.41) is 8.95. The maximum absolute atomic E-state index is 11.9. The standard InChI is InChI=1S/C12H9NO4/c14-10(7-11-13-5-6-17-11)8-3-1-2-4-9(8)12(15)16/h1-6H,7H2,(H,15,16). The molecule has 0 saturated heterocycles. The van der Waals surface area contributed by atoms with E-state index in [2.05, 4.69) is 4.98 Å². The van der Waals surface area contributed by atoms with Gasteiger partial charge in [-0.05, 0) is 6.07 Å². The maximum Gasteiger partial charge on any atom is 0.336 e. The molecule has 0 radical (unpaired) electrons. The number of Topliss-reactive ketones (excluding diaryl/α,β-unsaturated/α-hetero) is 1. The number of carboxylic acid groups (broad SMARTS) is 1. The lowest BCUT2D eigenvalue weighted by atomic mass is 10.0. The molecule has 0 bridgehead atoms. The Morgan fingerprint density at radius 3 is 2.53 bits per heavy atom. The molecule has 0 saturated carbocycles. The largest absolute Gasteiger partial charge is 0.478 e. The molecule has 5 heteroatoms. The maximum atomic E-state index is 11.9. The van der Waals surface area contributed by atoms with Crippen LogP contribution < -0.4 is 0 Å². The fourth-order valence-electron chi connectivity index (χ4n) is 1.49. The van der Waals surface area contributed by atoms with Crippen molar-refractivity contribution in [3.63, 3.8) is 0 Å². The van der Waals surface area contributed by atoms with Gasteiger partial charge < -0.3 is 9.52 Å². The summed E-state index contributed by atoms with van der Waals surface area (Å²) in [7, 11) is 0. The minimum Gasteiger partial charge on any atom is -0.478 e. The van der Waals surface area contributed by atoms with E-state index in [1.807, 2.05) is 0 Å². The van der Waals surface area contributed by atoms with Crippen LogP contribution >= 0.6 is 0 Å². The lowest BCUT2D eigenvalue weighted by Crippen LogP contribution is -2.10. The zero-order valence-electron chi connectivity index (χ0n) is 8.79. The number of hydrogen-bond acceptors (Lipinski definition) is 4. The molecule has 2 aromatic rings. The van der Waals surface area contributed by atoms with Gasteiger partial charge in [-0.1, -0.05) is 18.2 Å². The van der Waals surface area contributed by atoms with Crippen LogP contribution in [0.15, 0.2) is 41.1 Å². The normalized spacial score (nSPS) is 10.1. The van der Waals surface area contributed by atoms with Gasteiger partial charge in [0.05, 0.1) is 18.2 Å². The molecule has 0 spiro atoms. The van der Waals surface area contributed by atoms with E-state index in [-0.39, 0.29) is 29.2 Å². The highest BCUT2D eigenvalue weighted by Crippen LogP contribution is 2.12. The van der Waals surface area contributed by atoms with E-state index in [4.69, 9.17) is 9.52 Å². The van der Waals surface area contributed by atoms with E-state index in [1.165, 1.54) is 24.6 Å². The van der Waals surface area contributed by atoms with Gasteiger partial charge in [0.1, 0.15) is 6.26 Å². The van der Waals surface area contributed by atoms with Crippen LogP contribution in [0.25, 0.3) is 0 Å². The second-order valence-electron chi connectivity index (χ2n) is 3.38. The number of aromatic nitrogens is 1. The Morgan fingerprint density at radius 2 is 1.94 bits per heavy atom. The zero-order chi connectivity index (χ0) is 12.3. The highest BCUT2D eigenvalue weighted by molar-refractivity contribution is 6.06. The summed E-state index contributed by atoms with van der Waals surface area (Å²) in [5.41, 5.74) is 0.155. The molecular weight excluding hydrogens is 222 g/mol. The first-order valence-electron chi connectivity index (χ1n) is 4.92. The van der Waals surface area contributed by atoms with Crippen molar-refractivity contribution in [2.75, 3.05) is 0 Å². The number of nitrogens with zero attached hydrogens (tertiary/aromatic N) is 1. The van der Waals surface area contributed by atoms with Crippen molar-refractivity contribution < 1.29 is 19.1 Å². The van der Waals surface area contributed by atoms with Gasteiger partial charge in [-0.2, -0.15) is 0 Å². The van der Waals surface area contributed by atoms with Crippen LogP contribution in [0.4, 0.5) is 0 Å². The summed E-state index contributed by atoms with van der Waals surface area (Å²) in [6.07, 6.45) is 2.76. The van der Waals surface area contributed by atoms with Crippen LogP contribution in [0.3, 0.4) is 0 Å². The van der Waals surface area contributed by atoms with E-state index >= 15 is 0 Å². The summed E-state index contributed by atoms with van der Waals surface area (Å²) in [6.45, 7) is 0. The molecule has 0 fully saturated rings. The SMILES string of the molecule is O=C(O)c1ccccc1C(=O)Cc1ncco1. The predicted molar refractivity (Wildman–Crippen MR) is 57.9 cm³/mol.